The summed E-state index contributed by atoms with van der Waals surface area (Å²) in [5, 5.41) is 4.03. The number of rotatable bonds is 3. The van der Waals surface area contributed by atoms with Crippen molar-refractivity contribution in [1.29, 1.82) is 0 Å². The predicted molar refractivity (Wildman–Crippen MR) is 108 cm³/mol. The van der Waals surface area contributed by atoms with Gasteiger partial charge in [-0.15, -0.1) is 0 Å². The Morgan fingerprint density at radius 1 is 1.16 bits per heavy atom. The van der Waals surface area contributed by atoms with E-state index in [1.807, 2.05) is 74.5 Å². The zero-order valence-corrected chi connectivity index (χ0v) is 15.8. The average molecular weight is 372 g/mol. The number of carbonyl (C=O) groups excluding carboxylic acids is 1. The third kappa shape index (κ3) is 4.06. The molecule has 0 unspecified atom stereocenters. The molecule has 3 rings (SSSR count). The van der Waals surface area contributed by atoms with Gasteiger partial charge in [0.2, 0.25) is 0 Å². The number of amidine groups is 1. The van der Waals surface area contributed by atoms with Gasteiger partial charge >= 0.3 is 0 Å². The number of amides is 1. The second kappa shape index (κ2) is 7.33. The molecular formula is C19H18ClN3OS. The largest absolute Gasteiger partial charge is 0.378 e. The summed E-state index contributed by atoms with van der Waals surface area (Å²) in [6.07, 6.45) is 1.87. The first kappa shape index (κ1) is 17.6. The summed E-state index contributed by atoms with van der Waals surface area (Å²) < 4.78 is 0. The Labute approximate surface area is 156 Å². The standard InChI is InChI=1S/C19H18ClN3OS/c1-12-15(20)5-4-6-16(12)21-19-22-18(24)17(25-19)11-13-7-9-14(10-8-13)23(2)3/h4-11H,1-3H3,(H,21,22,24)/b17-11+. The van der Waals surface area contributed by atoms with Crippen LogP contribution in [0.15, 0.2) is 52.4 Å². The van der Waals surface area contributed by atoms with E-state index in [-0.39, 0.29) is 5.91 Å². The third-order valence-corrected chi connectivity index (χ3v) is 5.14. The van der Waals surface area contributed by atoms with E-state index in [0.717, 1.165) is 22.5 Å². The highest BCUT2D eigenvalue weighted by Crippen LogP contribution is 2.31. The first-order valence-corrected chi connectivity index (χ1v) is 8.95. The number of hydrogen-bond acceptors (Lipinski definition) is 4. The molecule has 1 aliphatic rings. The molecule has 0 aliphatic carbocycles. The van der Waals surface area contributed by atoms with Crippen LogP contribution < -0.4 is 10.2 Å². The molecule has 4 nitrogen and oxygen atoms in total. The summed E-state index contributed by atoms with van der Waals surface area (Å²) in [5.74, 6) is -0.139. The minimum absolute atomic E-state index is 0.139. The van der Waals surface area contributed by atoms with E-state index in [9.17, 15) is 4.79 Å². The summed E-state index contributed by atoms with van der Waals surface area (Å²) in [4.78, 5) is 19.4. The van der Waals surface area contributed by atoms with E-state index in [1.54, 1.807) is 0 Å². The Hall–Kier alpha value is -2.24. The van der Waals surface area contributed by atoms with Gasteiger partial charge in [0, 0.05) is 24.8 Å². The molecule has 0 radical (unpaired) electrons. The molecule has 128 valence electrons. The van der Waals surface area contributed by atoms with Gasteiger partial charge < -0.3 is 10.2 Å². The number of anilines is 1. The minimum atomic E-state index is -0.139. The number of hydrogen-bond donors (Lipinski definition) is 1. The Kier molecular flexibility index (Phi) is 5.16. The molecule has 0 bridgehead atoms. The number of carbonyl (C=O) groups is 1. The SMILES string of the molecule is Cc1c(Cl)cccc1N=C1NC(=O)/C(=C\c2ccc(N(C)C)cc2)S1. The van der Waals surface area contributed by atoms with Crippen LogP contribution in [0.25, 0.3) is 6.08 Å². The molecule has 6 heteroatoms. The van der Waals surface area contributed by atoms with E-state index < -0.39 is 0 Å². The van der Waals surface area contributed by atoms with Crippen molar-refractivity contribution in [1.82, 2.24) is 5.32 Å². The van der Waals surface area contributed by atoms with Gasteiger partial charge in [0.15, 0.2) is 5.17 Å². The van der Waals surface area contributed by atoms with Crippen LogP contribution in [0, 0.1) is 6.92 Å². The Morgan fingerprint density at radius 3 is 2.56 bits per heavy atom. The number of nitrogens with one attached hydrogen (secondary N) is 1. The topological polar surface area (TPSA) is 44.7 Å². The van der Waals surface area contributed by atoms with Gasteiger partial charge in [-0.05, 0) is 60.2 Å². The van der Waals surface area contributed by atoms with Crippen molar-refractivity contribution in [2.45, 2.75) is 6.92 Å². The molecule has 0 aromatic heterocycles. The first-order chi connectivity index (χ1) is 11.9. The van der Waals surface area contributed by atoms with E-state index in [1.165, 1.54) is 11.8 Å². The van der Waals surface area contributed by atoms with Crippen LogP contribution in [0.3, 0.4) is 0 Å². The van der Waals surface area contributed by atoms with Gasteiger partial charge in [0.1, 0.15) is 0 Å². The van der Waals surface area contributed by atoms with Gasteiger partial charge in [-0.25, -0.2) is 4.99 Å². The number of halogens is 1. The van der Waals surface area contributed by atoms with Gasteiger partial charge in [-0.2, -0.15) is 0 Å². The molecule has 25 heavy (non-hydrogen) atoms. The third-order valence-electron chi connectivity index (χ3n) is 3.82. The van der Waals surface area contributed by atoms with Crippen molar-refractivity contribution in [3.8, 4) is 0 Å². The highest BCUT2D eigenvalue weighted by molar-refractivity contribution is 8.18. The predicted octanol–water partition coefficient (Wildman–Crippen LogP) is 4.61. The van der Waals surface area contributed by atoms with Crippen LogP contribution in [0.1, 0.15) is 11.1 Å². The Morgan fingerprint density at radius 2 is 1.88 bits per heavy atom. The maximum atomic E-state index is 12.2. The number of benzene rings is 2. The maximum Gasteiger partial charge on any atom is 0.264 e. The second-order valence-electron chi connectivity index (χ2n) is 5.85. The van der Waals surface area contributed by atoms with Gasteiger partial charge in [0.25, 0.3) is 5.91 Å². The quantitative estimate of drug-likeness (QED) is 0.801. The smallest absolute Gasteiger partial charge is 0.264 e. The summed E-state index contributed by atoms with van der Waals surface area (Å²) in [6.45, 7) is 1.91. The van der Waals surface area contributed by atoms with Gasteiger partial charge in [-0.1, -0.05) is 29.8 Å². The van der Waals surface area contributed by atoms with Crippen molar-refractivity contribution in [2.75, 3.05) is 19.0 Å². The first-order valence-electron chi connectivity index (χ1n) is 7.76. The average Bonchev–Trinajstić information content (AvgIpc) is 2.92. The molecule has 1 N–H and O–H groups in total. The molecule has 1 amide bonds. The van der Waals surface area contributed by atoms with E-state index in [4.69, 9.17) is 11.6 Å². The van der Waals surface area contributed by atoms with E-state index in [0.29, 0.717) is 15.1 Å². The monoisotopic (exact) mass is 371 g/mol. The fourth-order valence-corrected chi connectivity index (χ4v) is 3.33. The lowest BCUT2D eigenvalue weighted by molar-refractivity contribution is -0.115. The van der Waals surface area contributed by atoms with Crippen LogP contribution in [-0.2, 0) is 4.79 Å². The minimum Gasteiger partial charge on any atom is -0.378 e. The van der Waals surface area contributed by atoms with Crippen LogP contribution in [0.5, 0.6) is 0 Å². The number of nitrogens with zero attached hydrogens (tertiary/aromatic N) is 2. The molecule has 1 aliphatic heterocycles. The van der Waals surface area contributed by atoms with E-state index in [2.05, 4.69) is 10.3 Å². The molecule has 2 aromatic carbocycles. The lowest BCUT2D eigenvalue weighted by Gasteiger charge is -2.11. The van der Waals surface area contributed by atoms with Gasteiger partial charge in [0.05, 0.1) is 10.6 Å². The van der Waals surface area contributed by atoms with Crippen molar-refractivity contribution in [3.05, 3.63) is 63.5 Å². The highest BCUT2D eigenvalue weighted by Gasteiger charge is 2.24. The molecular weight excluding hydrogens is 354 g/mol. The molecule has 1 fully saturated rings. The van der Waals surface area contributed by atoms with Crippen molar-refractivity contribution in [2.24, 2.45) is 4.99 Å². The Bertz CT molecular complexity index is 873. The van der Waals surface area contributed by atoms with Crippen LogP contribution in [0.2, 0.25) is 5.02 Å². The summed E-state index contributed by atoms with van der Waals surface area (Å²) in [6, 6.07) is 13.6. The summed E-state index contributed by atoms with van der Waals surface area (Å²) in [7, 11) is 3.99. The molecule has 1 heterocycles. The van der Waals surface area contributed by atoms with Crippen LogP contribution in [-0.4, -0.2) is 25.2 Å². The number of thioether (sulfide) groups is 1. The zero-order chi connectivity index (χ0) is 18.0. The zero-order valence-electron chi connectivity index (χ0n) is 14.2. The molecule has 0 saturated carbocycles. The van der Waals surface area contributed by atoms with E-state index >= 15 is 0 Å². The second-order valence-corrected chi connectivity index (χ2v) is 7.29. The summed E-state index contributed by atoms with van der Waals surface area (Å²) >= 11 is 7.45. The molecule has 0 spiro atoms. The lowest BCUT2D eigenvalue weighted by Crippen LogP contribution is -2.19. The van der Waals surface area contributed by atoms with Crippen molar-refractivity contribution < 1.29 is 4.79 Å². The van der Waals surface area contributed by atoms with Gasteiger partial charge in [-0.3, -0.25) is 4.79 Å². The van der Waals surface area contributed by atoms with Crippen molar-refractivity contribution >= 4 is 51.9 Å². The lowest BCUT2D eigenvalue weighted by atomic mass is 10.2. The number of aliphatic imine (C=N–C) groups is 1. The molecule has 2 aromatic rings. The fourth-order valence-electron chi connectivity index (χ4n) is 2.33. The summed E-state index contributed by atoms with van der Waals surface area (Å²) in [5.41, 5.74) is 3.74. The fraction of sp³-hybridized carbons (Fsp3) is 0.158. The maximum absolute atomic E-state index is 12.2. The highest BCUT2D eigenvalue weighted by atomic mass is 35.5. The molecule has 1 saturated heterocycles. The van der Waals surface area contributed by atoms with Crippen molar-refractivity contribution in [3.63, 3.8) is 0 Å². The van der Waals surface area contributed by atoms with Crippen LogP contribution >= 0.6 is 23.4 Å². The normalized spacial score (nSPS) is 17.2. The Balaban J connectivity index is 1.82. The molecule has 0 atom stereocenters. The van der Waals surface area contributed by atoms with Crippen LogP contribution in [0.4, 0.5) is 11.4 Å².